The minimum Gasteiger partial charge on any atom is -0.367 e. The first-order valence-electron chi connectivity index (χ1n) is 9.80. The summed E-state index contributed by atoms with van der Waals surface area (Å²) in [5.74, 6) is 0.265. The summed E-state index contributed by atoms with van der Waals surface area (Å²) >= 11 is 1.67. The van der Waals surface area contributed by atoms with Crippen LogP contribution in [0.4, 0.5) is 11.4 Å². The topological polar surface area (TPSA) is 83.0 Å². The summed E-state index contributed by atoms with van der Waals surface area (Å²) in [6.45, 7) is 3.60. The molecule has 0 saturated carbocycles. The molecule has 0 bridgehead atoms. The molecule has 1 saturated heterocycles. The van der Waals surface area contributed by atoms with Crippen LogP contribution < -0.4 is 15.5 Å². The molecular weight excluding hydrogens is 396 g/mol. The number of hydrogen-bond donors (Lipinski definition) is 2. The molecule has 1 amide bonds. The first-order chi connectivity index (χ1) is 14.8. The molecule has 150 valence electrons. The highest BCUT2D eigenvalue weighted by atomic mass is 32.1. The maximum atomic E-state index is 13.0. The van der Waals surface area contributed by atoms with Crippen LogP contribution >= 0.6 is 11.3 Å². The average Bonchev–Trinajstić information content (AvgIpc) is 3.29. The number of nitrogens with zero attached hydrogens (tertiary/aromatic N) is 4. The smallest absolute Gasteiger partial charge is 0.274 e. The third-order valence-corrected chi connectivity index (χ3v) is 6.01. The third kappa shape index (κ3) is 3.62. The van der Waals surface area contributed by atoms with Crippen LogP contribution in [0.3, 0.4) is 0 Å². The van der Waals surface area contributed by atoms with Crippen LogP contribution in [0.5, 0.6) is 0 Å². The molecule has 0 radical (unpaired) electrons. The van der Waals surface area contributed by atoms with Crippen molar-refractivity contribution in [2.75, 3.05) is 36.4 Å². The molecule has 4 heterocycles. The molecule has 1 fully saturated rings. The maximum Gasteiger partial charge on any atom is 0.274 e. The Morgan fingerprint density at radius 3 is 2.90 bits per heavy atom. The molecule has 30 heavy (non-hydrogen) atoms. The zero-order valence-electron chi connectivity index (χ0n) is 16.2. The minimum absolute atomic E-state index is 0.277. The second-order valence-electron chi connectivity index (χ2n) is 6.99. The fourth-order valence-electron chi connectivity index (χ4n) is 3.66. The number of aromatic nitrogens is 3. The van der Waals surface area contributed by atoms with Crippen LogP contribution in [-0.4, -0.2) is 47.0 Å². The molecule has 7 nitrogen and oxygen atoms in total. The molecule has 0 spiro atoms. The standard InChI is InChI=1S/C22H20N6OS/c29-22(27-18-14-24-7-5-19(18)28-11-9-23-10-12-28)17-4-8-25-21(26-17)16-2-1-3-20-15(16)6-13-30-20/h1-8,13-14,23H,9-12H2,(H,27,29). The van der Waals surface area contributed by atoms with Crippen molar-refractivity contribution in [2.45, 2.75) is 0 Å². The zero-order valence-corrected chi connectivity index (χ0v) is 17.0. The molecule has 0 aliphatic carbocycles. The summed E-state index contributed by atoms with van der Waals surface area (Å²) in [6, 6.07) is 11.7. The van der Waals surface area contributed by atoms with E-state index in [-0.39, 0.29) is 5.91 Å². The predicted octanol–water partition coefficient (Wildman–Crippen LogP) is 3.42. The fourth-order valence-corrected chi connectivity index (χ4v) is 4.47. The molecule has 5 rings (SSSR count). The number of nitrogens with one attached hydrogen (secondary N) is 2. The van der Waals surface area contributed by atoms with Crippen molar-refractivity contribution in [1.29, 1.82) is 0 Å². The second kappa shape index (κ2) is 8.17. The molecule has 1 aliphatic heterocycles. The van der Waals surface area contributed by atoms with Crippen molar-refractivity contribution < 1.29 is 4.79 Å². The van der Waals surface area contributed by atoms with Crippen molar-refractivity contribution in [3.63, 3.8) is 0 Å². The molecule has 1 aliphatic rings. The van der Waals surface area contributed by atoms with Crippen molar-refractivity contribution in [3.8, 4) is 11.4 Å². The van der Waals surface area contributed by atoms with Crippen LogP contribution in [0.15, 0.2) is 60.4 Å². The highest BCUT2D eigenvalue weighted by Crippen LogP contribution is 2.30. The van der Waals surface area contributed by atoms with Gasteiger partial charge >= 0.3 is 0 Å². The van der Waals surface area contributed by atoms with E-state index in [0.29, 0.717) is 17.2 Å². The number of carbonyl (C=O) groups is 1. The zero-order chi connectivity index (χ0) is 20.3. The lowest BCUT2D eigenvalue weighted by Gasteiger charge is -2.30. The minimum atomic E-state index is -0.277. The van der Waals surface area contributed by atoms with Gasteiger partial charge in [0.15, 0.2) is 5.82 Å². The van der Waals surface area contributed by atoms with E-state index in [1.54, 1.807) is 36.0 Å². The second-order valence-corrected chi connectivity index (χ2v) is 7.94. The lowest BCUT2D eigenvalue weighted by atomic mass is 10.1. The molecule has 4 aromatic rings. The van der Waals surface area contributed by atoms with Gasteiger partial charge in [-0.15, -0.1) is 11.3 Å². The molecule has 8 heteroatoms. The number of piperazine rings is 1. The van der Waals surface area contributed by atoms with Crippen molar-refractivity contribution in [2.24, 2.45) is 0 Å². The van der Waals surface area contributed by atoms with Crippen molar-refractivity contribution in [1.82, 2.24) is 20.3 Å². The Balaban J connectivity index is 1.43. The van der Waals surface area contributed by atoms with Gasteiger partial charge in [-0.1, -0.05) is 12.1 Å². The van der Waals surface area contributed by atoms with E-state index >= 15 is 0 Å². The van der Waals surface area contributed by atoms with E-state index in [1.807, 2.05) is 23.6 Å². The number of anilines is 2. The van der Waals surface area contributed by atoms with E-state index in [2.05, 4.69) is 42.6 Å². The van der Waals surface area contributed by atoms with Crippen LogP contribution in [0.25, 0.3) is 21.5 Å². The Morgan fingerprint density at radius 1 is 1.10 bits per heavy atom. The van der Waals surface area contributed by atoms with Crippen molar-refractivity contribution in [3.05, 3.63) is 66.1 Å². The highest BCUT2D eigenvalue weighted by Gasteiger charge is 2.17. The molecule has 1 aromatic carbocycles. The number of hydrogen-bond acceptors (Lipinski definition) is 7. The first kappa shape index (κ1) is 18.7. The highest BCUT2D eigenvalue weighted by molar-refractivity contribution is 7.17. The number of thiophene rings is 1. The number of benzene rings is 1. The summed E-state index contributed by atoms with van der Waals surface area (Å²) in [5.41, 5.74) is 2.90. The molecular formula is C22H20N6OS. The van der Waals surface area contributed by atoms with Crippen LogP contribution in [-0.2, 0) is 0 Å². The predicted molar refractivity (Wildman–Crippen MR) is 120 cm³/mol. The van der Waals surface area contributed by atoms with Gasteiger partial charge in [0.2, 0.25) is 0 Å². The summed E-state index contributed by atoms with van der Waals surface area (Å²) < 4.78 is 1.17. The van der Waals surface area contributed by atoms with Gasteiger partial charge in [0.1, 0.15) is 5.69 Å². The summed E-state index contributed by atoms with van der Waals surface area (Å²) in [6.07, 6.45) is 5.06. The van der Waals surface area contributed by atoms with Crippen LogP contribution in [0.2, 0.25) is 0 Å². The fraction of sp³-hybridized carbons (Fsp3) is 0.182. The third-order valence-electron chi connectivity index (χ3n) is 5.13. The molecule has 0 unspecified atom stereocenters. The van der Waals surface area contributed by atoms with Crippen LogP contribution in [0, 0.1) is 0 Å². The van der Waals surface area contributed by atoms with E-state index in [9.17, 15) is 4.79 Å². The average molecular weight is 417 g/mol. The van der Waals surface area contributed by atoms with Gasteiger partial charge in [-0.2, -0.15) is 0 Å². The van der Waals surface area contributed by atoms with Crippen molar-refractivity contribution >= 4 is 38.7 Å². The van der Waals surface area contributed by atoms with Gasteiger partial charge in [-0.25, -0.2) is 9.97 Å². The molecule has 2 N–H and O–H groups in total. The molecule has 0 atom stereocenters. The maximum absolute atomic E-state index is 13.0. The van der Waals surface area contributed by atoms with Gasteiger partial charge in [0, 0.05) is 54.2 Å². The van der Waals surface area contributed by atoms with E-state index in [4.69, 9.17) is 0 Å². The van der Waals surface area contributed by atoms with Gasteiger partial charge < -0.3 is 15.5 Å². The van der Waals surface area contributed by atoms with E-state index in [1.165, 1.54) is 4.70 Å². The Hall–Kier alpha value is -3.36. The first-order valence-corrected chi connectivity index (χ1v) is 10.7. The van der Waals surface area contributed by atoms with Crippen LogP contribution in [0.1, 0.15) is 10.5 Å². The number of rotatable bonds is 4. The lowest BCUT2D eigenvalue weighted by molar-refractivity contribution is 0.102. The van der Waals surface area contributed by atoms with Gasteiger partial charge in [-0.05, 0) is 29.6 Å². The number of pyridine rings is 1. The number of carbonyl (C=O) groups excluding carboxylic acids is 1. The number of fused-ring (bicyclic) bond motifs is 1. The number of amides is 1. The normalized spacial score (nSPS) is 14.1. The Bertz CT molecular complexity index is 1200. The molecule has 3 aromatic heterocycles. The largest absolute Gasteiger partial charge is 0.367 e. The Morgan fingerprint density at radius 2 is 2.00 bits per heavy atom. The lowest BCUT2D eigenvalue weighted by Crippen LogP contribution is -2.43. The summed E-state index contributed by atoms with van der Waals surface area (Å²) in [5, 5.41) is 9.46. The summed E-state index contributed by atoms with van der Waals surface area (Å²) in [7, 11) is 0. The van der Waals surface area contributed by atoms with Gasteiger partial charge in [0.05, 0.1) is 17.6 Å². The Labute approximate surface area is 177 Å². The monoisotopic (exact) mass is 416 g/mol. The summed E-state index contributed by atoms with van der Waals surface area (Å²) in [4.78, 5) is 28.4. The quantitative estimate of drug-likeness (QED) is 0.530. The van der Waals surface area contributed by atoms with Gasteiger partial charge in [0.25, 0.3) is 5.91 Å². The van der Waals surface area contributed by atoms with E-state index < -0.39 is 0 Å². The SMILES string of the molecule is O=C(Nc1cnccc1N1CCNCC1)c1ccnc(-c2cccc3sccc23)n1. The Kier molecular flexibility index (Phi) is 5.08. The van der Waals surface area contributed by atoms with Gasteiger partial charge in [-0.3, -0.25) is 9.78 Å². The van der Waals surface area contributed by atoms with E-state index in [0.717, 1.165) is 42.8 Å².